The molecule has 0 unspecified atom stereocenters. The molecule has 0 saturated heterocycles. The number of aromatic nitrogens is 1. The molecule has 0 aliphatic rings. The topological polar surface area (TPSA) is 71.8 Å². The number of aliphatic hydroxyl groups is 1. The molecule has 1 aromatic heterocycles. The van der Waals surface area contributed by atoms with Gasteiger partial charge in [-0.2, -0.15) is 4.31 Å². The van der Waals surface area contributed by atoms with E-state index in [1.165, 1.54) is 26.3 Å². The lowest BCUT2D eigenvalue weighted by atomic mass is 10.2. The molecule has 6 nitrogen and oxygen atoms in total. The van der Waals surface area contributed by atoms with Crippen LogP contribution in [0.5, 0.6) is 5.75 Å². The average Bonchev–Trinajstić information content (AvgIpc) is 3.07. The highest BCUT2D eigenvalue weighted by Crippen LogP contribution is 2.31. The molecule has 0 fully saturated rings. The number of methoxy groups -OCH3 is 1. The van der Waals surface area contributed by atoms with Gasteiger partial charge in [-0.05, 0) is 30.3 Å². The molecular formula is C23H23ClN2O4S. The third-order valence-electron chi connectivity index (χ3n) is 5.35. The maximum Gasteiger partial charge on any atom is 0.246 e. The van der Waals surface area contributed by atoms with Crippen LogP contribution in [0.4, 0.5) is 0 Å². The number of nitrogens with zero attached hydrogens (tertiary/aromatic N) is 2. The number of para-hydroxylation sites is 2. The number of rotatable bonds is 7. The molecule has 4 aromatic rings. The molecule has 1 heterocycles. The number of hydrogen-bond acceptors (Lipinski definition) is 4. The fraction of sp³-hybridized carbons (Fsp3) is 0.217. The van der Waals surface area contributed by atoms with Gasteiger partial charge in [0.1, 0.15) is 10.6 Å². The van der Waals surface area contributed by atoms with Crippen molar-refractivity contribution < 1.29 is 18.3 Å². The summed E-state index contributed by atoms with van der Waals surface area (Å²) < 4.78 is 34.5. The summed E-state index contributed by atoms with van der Waals surface area (Å²) in [5.74, 6) is 0.202. The van der Waals surface area contributed by atoms with E-state index in [4.69, 9.17) is 16.3 Å². The van der Waals surface area contributed by atoms with Crippen LogP contribution in [0.15, 0.2) is 71.6 Å². The van der Waals surface area contributed by atoms with E-state index in [1.54, 1.807) is 6.07 Å². The zero-order valence-electron chi connectivity index (χ0n) is 17.2. The first-order chi connectivity index (χ1) is 14.8. The van der Waals surface area contributed by atoms with Crippen LogP contribution in [-0.4, -0.2) is 49.2 Å². The first-order valence-electron chi connectivity index (χ1n) is 9.77. The van der Waals surface area contributed by atoms with Gasteiger partial charge in [0.15, 0.2) is 0 Å². The van der Waals surface area contributed by atoms with Gasteiger partial charge in [0.25, 0.3) is 0 Å². The van der Waals surface area contributed by atoms with E-state index in [1.807, 2.05) is 53.1 Å². The number of likely N-dealkylation sites (N-methyl/N-ethyl adjacent to an activating group) is 1. The Morgan fingerprint density at radius 3 is 2.19 bits per heavy atom. The standard InChI is InChI=1S/C23H23ClN2O4S/c1-25(31(28,29)23-13-16(24)11-12-22(23)30-2)14-17(27)15-26-20-9-5-3-7-18(20)19-8-4-6-10-21(19)26/h3-13,17,27H,14-15H2,1-2H3/t17-/m0/s1. The number of benzene rings is 3. The van der Waals surface area contributed by atoms with Crippen LogP contribution >= 0.6 is 11.6 Å². The van der Waals surface area contributed by atoms with Crippen LogP contribution in [0.1, 0.15) is 0 Å². The summed E-state index contributed by atoms with van der Waals surface area (Å²) >= 11 is 6.00. The van der Waals surface area contributed by atoms with Crippen LogP contribution in [-0.2, 0) is 16.6 Å². The maximum atomic E-state index is 13.1. The third kappa shape index (κ3) is 4.02. The van der Waals surface area contributed by atoms with E-state index in [2.05, 4.69) is 0 Å². The molecular weight excluding hydrogens is 436 g/mol. The summed E-state index contributed by atoms with van der Waals surface area (Å²) in [6.07, 6.45) is -0.927. The molecule has 0 radical (unpaired) electrons. The lowest BCUT2D eigenvalue weighted by Crippen LogP contribution is -2.36. The van der Waals surface area contributed by atoms with Gasteiger partial charge in [0, 0.05) is 40.4 Å². The van der Waals surface area contributed by atoms with Gasteiger partial charge in [0.2, 0.25) is 10.0 Å². The van der Waals surface area contributed by atoms with Gasteiger partial charge in [-0.3, -0.25) is 0 Å². The van der Waals surface area contributed by atoms with Gasteiger partial charge in [-0.15, -0.1) is 0 Å². The highest BCUT2D eigenvalue weighted by atomic mass is 35.5. The number of sulfonamides is 1. The summed E-state index contributed by atoms with van der Waals surface area (Å²) in [7, 11) is -1.07. The Kier molecular flexibility index (Phi) is 5.94. The minimum atomic E-state index is -3.91. The molecule has 1 N–H and O–H groups in total. The summed E-state index contributed by atoms with van der Waals surface area (Å²) in [6.45, 7) is 0.166. The predicted octanol–water partition coefficient (Wildman–Crippen LogP) is 4.14. The second kappa shape index (κ2) is 8.51. The second-order valence-electron chi connectivity index (χ2n) is 7.38. The maximum absolute atomic E-state index is 13.1. The zero-order valence-corrected chi connectivity index (χ0v) is 18.8. The smallest absolute Gasteiger partial charge is 0.246 e. The Hall–Kier alpha value is -2.58. The van der Waals surface area contributed by atoms with Crippen molar-refractivity contribution in [2.75, 3.05) is 20.7 Å². The molecule has 0 aliphatic heterocycles. The van der Waals surface area contributed by atoms with Gasteiger partial charge in [-0.1, -0.05) is 48.0 Å². The Bertz CT molecular complexity index is 1300. The Morgan fingerprint density at radius 1 is 1.03 bits per heavy atom. The molecule has 31 heavy (non-hydrogen) atoms. The molecule has 0 saturated carbocycles. The summed E-state index contributed by atoms with van der Waals surface area (Å²) in [6, 6.07) is 20.4. The van der Waals surface area contributed by atoms with Crippen LogP contribution in [0.3, 0.4) is 0 Å². The van der Waals surface area contributed by atoms with Gasteiger partial charge >= 0.3 is 0 Å². The highest BCUT2D eigenvalue weighted by Gasteiger charge is 2.27. The quantitative estimate of drug-likeness (QED) is 0.452. The molecule has 162 valence electrons. The fourth-order valence-corrected chi connectivity index (χ4v) is 5.51. The first kappa shape index (κ1) is 21.6. The first-order valence-corrected chi connectivity index (χ1v) is 11.6. The number of aliphatic hydroxyl groups excluding tert-OH is 1. The van der Waals surface area contributed by atoms with E-state index >= 15 is 0 Å². The number of fused-ring (bicyclic) bond motifs is 3. The Morgan fingerprint density at radius 2 is 1.61 bits per heavy atom. The van der Waals surface area contributed by atoms with E-state index in [9.17, 15) is 13.5 Å². The number of hydrogen-bond donors (Lipinski definition) is 1. The summed E-state index contributed by atoms with van der Waals surface area (Å²) in [4.78, 5) is -0.0333. The number of halogens is 1. The van der Waals surface area contributed by atoms with E-state index in [0.29, 0.717) is 5.02 Å². The monoisotopic (exact) mass is 458 g/mol. The predicted molar refractivity (Wildman–Crippen MR) is 123 cm³/mol. The Balaban J connectivity index is 1.62. The van der Waals surface area contributed by atoms with Crippen LogP contribution in [0, 0.1) is 0 Å². The molecule has 0 spiro atoms. The second-order valence-corrected chi connectivity index (χ2v) is 9.83. The van der Waals surface area contributed by atoms with E-state index < -0.39 is 16.1 Å². The zero-order chi connectivity index (χ0) is 22.2. The highest BCUT2D eigenvalue weighted by molar-refractivity contribution is 7.89. The van der Waals surface area contributed by atoms with Crippen molar-refractivity contribution in [2.24, 2.45) is 0 Å². The number of ether oxygens (including phenoxy) is 1. The van der Waals surface area contributed by atoms with Crippen molar-refractivity contribution in [3.05, 3.63) is 71.8 Å². The van der Waals surface area contributed by atoms with Crippen LogP contribution in [0.25, 0.3) is 21.8 Å². The summed E-state index contributed by atoms with van der Waals surface area (Å²) in [5.41, 5.74) is 1.98. The van der Waals surface area contributed by atoms with Crippen molar-refractivity contribution in [2.45, 2.75) is 17.5 Å². The van der Waals surface area contributed by atoms with Crippen molar-refractivity contribution in [1.82, 2.24) is 8.87 Å². The fourth-order valence-electron chi connectivity index (χ4n) is 3.88. The van der Waals surface area contributed by atoms with Crippen molar-refractivity contribution >= 4 is 43.4 Å². The van der Waals surface area contributed by atoms with Crippen molar-refractivity contribution in [3.8, 4) is 5.75 Å². The molecule has 0 bridgehead atoms. The lowest BCUT2D eigenvalue weighted by Gasteiger charge is -2.22. The lowest BCUT2D eigenvalue weighted by molar-refractivity contribution is 0.136. The van der Waals surface area contributed by atoms with Gasteiger partial charge < -0.3 is 14.4 Å². The molecule has 4 rings (SSSR count). The SMILES string of the molecule is COc1ccc(Cl)cc1S(=O)(=O)N(C)C[C@H](O)Cn1c2ccccc2c2ccccc21. The van der Waals surface area contributed by atoms with Crippen LogP contribution in [0.2, 0.25) is 5.02 Å². The van der Waals surface area contributed by atoms with Crippen molar-refractivity contribution in [1.29, 1.82) is 0 Å². The molecule has 8 heteroatoms. The average molecular weight is 459 g/mol. The molecule has 3 aromatic carbocycles. The van der Waals surface area contributed by atoms with Crippen molar-refractivity contribution in [3.63, 3.8) is 0 Å². The van der Waals surface area contributed by atoms with Crippen LogP contribution < -0.4 is 4.74 Å². The largest absolute Gasteiger partial charge is 0.495 e. The normalized spacial score (nSPS) is 13.2. The summed E-state index contributed by atoms with van der Waals surface area (Å²) in [5, 5.41) is 13.3. The molecule has 0 aliphatic carbocycles. The van der Waals surface area contributed by atoms with E-state index in [0.717, 1.165) is 26.1 Å². The minimum Gasteiger partial charge on any atom is -0.495 e. The molecule has 0 amide bonds. The van der Waals surface area contributed by atoms with Gasteiger partial charge in [0.05, 0.1) is 19.8 Å². The van der Waals surface area contributed by atoms with E-state index in [-0.39, 0.29) is 23.7 Å². The minimum absolute atomic E-state index is 0.0333. The third-order valence-corrected chi connectivity index (χ3v) is 7.43. The molecule has 1 atom stereocenters. The van der Waals surface area contributed by atoms with Gasteiger partial charge in [-0.25, -0.2) is 8.42 Å². The Labute approximate surface area is 186 Å².